The molecular formula is C32H24N2O4. The fourth-order valence-corrected chi connectivity index (χ4v) is 4.24. The Hall–Kier alpha value is -5.20. The van der Waals surface area contributed by atoms with E-state index in [1.807, 2.05) is 38.1 Å². The van der Waals surface area contributed by atoms with Gasteiger partial charge in [0.05, 0.1) is 11.1 Å². The van der Waals surface area contributed by atoms with Crippen molar-refractivity contribution in [2.45, 2.75) is 27.1 Å². The number of rotatable bonds is 9. The van der Waals surface area contributed by atoms with Crippen LogP contribution in [0.25, 0.3) is 11.1 Å². The van der Waals surface area contributed by atoms with Crippen molar-refractivity contribution in [1.29, 1.82) is 10.5 Å². The molecule has 0 bridgehead atoms. The molecule has 4 aromatic carbocycles. The summed E-state index contributed by atoms with van der Waals surface area (Å²) in [7, 11) is 0. The smallest absolute Gasteiger partial charge is 0.150 e. The van der Waals surface area contributed by atoms with Gasteiger partial charge in [0.15, 0.2) is 0 Å². The first-order chi connectivity index (χ1) is 18.5. The minimum Gasteiger partial charge on any atom is -0.488 e. The molecule has 0 aliphatic heterocycles. The van der Waals surface area contributed by atoms with E-state index in [4.69, 9.17) is 9.47 Å². The summed E-state index contributed by atoms with van der Waals surface area (Å²) in [6.45, 7) is 4.60. The lowest BCUT2D eigenvalue weighted by Crippen LogP contribution is -2.03. The second-order valence-electron chi connectivity index (χ2n) is 8.73. The van der Waals surface area contributed by atoms with E-state index in [1.54, 1.807) is 24.3 Å². The molecule has 0 aliphatic rings. The largest absolute Gasteiger partial charge is 0.488 e. The van der Waals surface area contributed by atoms with Gasteiger partial charge in [0.25, 0.3) is 0 Å². The first-order valence-corrected chi connectivity index (χ1v) is 11.9. The standard InChI is InChI=1S/C32H24N2O4/c1-21-25(19-37-31-11-9-23(17-35)13-27(31)15-33)5-3-7-29(21)30-8-4-6-26(22(30)2)20-38-32-12-10-24(18-36)14-28(32)16-34/h3-14,17-18H,19-20H2,1-2H3. The van der Waals surface area contributed by atoms with Gasteiger partial charge in [0.2, 0.25) is 0 Å². The third-order valence-electron chi connectivity index (χ3n) is 6.47. The van der Waals surface area contributed by atoms with Crippen molar-refractivity contribution in [2.75, 3.05) is 0 Å². The number of hydrogen-bond acceptors (Lipinski definition) is 6. The molecule has 0 heterocycles. The van der Waals surface area contributed by atoms with Crippen LogP contribution in [-0.4, -0.2) is 12.6 Å². The molecule has 0 aliphatic carbocycles. The van der Waals surface area contributed by atoms with Crippen LogP contribution < -0.4 is 9.47 Å². The molecular weight excluding hydrogens is 476 g/mol. The van der Waals surface area contributed by atoms with Crippen molar-refractivity contribution in [3.63, 3.8) is 0 Å². The number of aldehydes is 2. The first kappa shape index (κ1) is 25.9. The van der Waals surface area contributed by atoms with Gasteiger partial charge in [0, 0.05) is 11.1 Å². The Morgan fingerprint density at radius 1 is 0.658 bits per heavy atom. The Bertz CT molecular complexity index is 1490. The van der Waals surface area contributed by atoms with E-state index in [9.17, 15) is 20.1 Å². The zero-order chi connectivity index (χ0) is 27.1. The number of nitriles is 2. The molecule has 0 fully saturated rings. The fraction of sp³-hybridized carbons (Fsp3) is 0.125. The molecule has 0 amide bonds. The molecule has 0 unspecified atom stereocenters. The summed E-state index contributed by atoms with van der Waals surface area (Å²) in [6.07, 6.45) is 1.40. The monoisotopic (exact) mass is 500 g/mol. The predicted octanol–water partition coefficient (Wildman–Crippen LogP) is 6.50. The van der Waals surface area contributed by atoms with Gasteiger partial charge in [-0.25, -0.2) is 0 Å². The Kier molecular flexibility index (Phi) is 7.96. The Labute approximate surface area is 221 Å². The summed E-state index contributed by atoms with van der Waals surface area (Å²) in [5.74, 6) is 0.854. The van der Waals surface area contributed by atoms with Crippen molar-refractivity contribution in [3.8, 4) is 34.8 Å². The van der Waals surface area contributed by atoms with Crippen molar-refractivity contribution in [1.82, 2.24) is 0 Å². The van der Waals surface area contributed by atoms with E-state index < -0.39 is 0 Å². The number of carbonyl (C=O) groups excluding carboxylic acids is 2. The summed E-state index contributed by atoms with van der Waals surface area (Å²) >= 11 is 0. The van der Waals surface area contributed by atoms with Gasteiger partial charge in [-0.2, -0.15) is 10.5 Å². The first-order valence-electron chi connectivity index (χ1n) is 11.9. The number of benzene rings is 4. The van der Waals surface area contributed by atoms with Crippen LogP contribution in [0.4, 0.5) is 0 Å². The van der Waals surface area contributed by atoms with Crippen LogP contribution in [0.2, 0.25) is 0 Å². The number of ether oxygens (including phenoxy) is 2. The fourth-order valence-electron chi connectivity index (χ4n) is 4.24. The molecule has 6 nitrogen and oxygen atoms in total. The third kappa shape index (κ3) is 5.46. The molecule has 0 N–H and O–H groups in total. The average molecular weight is 501 g/mol. The lowest BCUT2D eigenvalue weighted by molar-refractivity contribution is 0.111. The van der Waals surface area contributed by atoms with Crippen LogP contribution >= 0.6 is 0 Å². The van der Waals surface area contributed by atoms with Gasteiger partial charge in [-0.3, -0.25) is 9.59 Å². The van der Waals surface area contributed by atoms with Crippen molar-refractivity contribution in [2.24, 2.45) is 0 Å². The predicted molar refractivity (Wildman–Crippen MR) is 143 cm³/mol. The number of nitrogens with zero attached hydrogens (tertiary/aromatic N) is 2. The van der Waals surface area contributed by atoms with E-state index in [2.05, 4.69) is 24.3 Å². The van der Waals surface area contributed by atoms with E-state index in [0.717, 1.165) is 33.4 Å². The summed E-state index contributed by atoms with van der Waals surface area (Å²) in [6, 6.07) is 25.7. The number of carbonyl (C=O) groups is 2. The summed E-state index contributed by atoms with van der Waals surface area (Å²) in [5.41, 5.74) is 7.62. The maximum absolute atomic E-state index is 11.0. The van der Waals surface area contributed by atoms with E-state index in [0.29, 0.717) is 46.3 Å². The molecule has 6 heteroatoms. The van der Waals surface area contributed by atoms with Crippen LogP contribution in [0, 0.1) is 36.5 Å². The van der Waals surface area contributed by atoms with Gasteiger partial charge < -0.3 is 9.47 Å². The van der Waals surface area contributed by atoms with Crippen LogP contribution in [0.1, 0.15) is 54.1 Å². The van der Waals surface area contributed by atoms with Gasteiger partial charge in [-0.15, -0.1) is 0 Å². The Morgan fingerprint density at radius 2 is 1.08 bits per heavy atom. The third-order valence-corrected chi connectivity index (χ3v) is 6.47. The van der Waals surface area contributed by atoms with E-state index >= 15 is 0 Å². The highest BCUT2D eigenvalue weighted by molar-refractivity contribution is 5.77. The normalized spacial score (nSPS) is 10.2. The van der Waals surface area contributed by atoms with Gasteiger partial charge in [-0.05, 0) is 83.6 Å². The van der Waals surface area contributed by atoms with Crippen molar-refractivity contribution >= 4 is 12.6 Å². The number of hydrogen-bond donors (Lipinski definition) is 0. The Balaban J connectivity index is 1.57. The lowest BCUT2D eigenvalue weighted by atomic mass is 9.92. The molecule has 0 radical (unpaired) electrons. The van der Waals surface area contributed by atoms with Gasteiger partial charge in [-0.1, -0.05) is 36.4 Å². The van der Waals surface area contributed by atoms with Crippen LogP contribution in [-0.2, 0) is 13.2 Å². The quantitative estimate of drug-likeness (QED) is 0.243. The molecule has 0 aromatic heterocycles. The SMILES string of the molecule is Cc1c(COc2ccc(C=O)cc2C#N)cccc1-c1cccc(COc2ccc(C=O)cc2C#N)c1C. The highest BCUT2D eigenvalue weighted by Crippen LogP contribution is 2.32. The van der Waals surface area contributed by atoms with Gasteiger partial charge >= 0.3 is 0 Å². The van der Waals surface area contributed by atoms with Crippen LogP contribution in [0.3, 0.4) is 0 Å². The zero-order valence-electron chi connectivity index (χ0n) is 21.0. The molecule has 38 heavy (non-hydrogen) atoms. The van der Waals surface area contributed by atoms with Gasteiger partial charge in [0.1, 0.15) is 49.4 Å². The second kappa shape index (κ2) is 11.7. The highest BCUT2D eigenvalue weighted by Gasteiger charge is 2.13. The molecule has 186 valence electrons. The summed E-state index contributed by atoms with van der Waals surface area (Å²) < 4.78 is 11.9. The zero-order valence-corrected chi connectivity index (χ0v) is 21.0. The Morgan fingerprint density at radius 3 is 1.45 bits per heavy atom. The minimum absolute atomic E-state index is 0.268. The molecule has 0 saturated heterocycles. The van der Waals surface area contributed by atoms with Crippen LogP contribution in [0.15, 0.2) is 72.8 Å². The maximum Gasteiger partial charge on any atom is 0.150 e. The molecule has 4 aromatic rings. The van der Waals surface area contributed by atoms with E-state index in [-0.39, 0.29) is 13.2 Å². The van der Waals surface area contributed by atoms with Crippen molar-refractivity contribution in [3.05, 3.63) is 117 Å². The average Bonchev–Trinajstić information content (AvgIpc) is 2.96. The molecule has 0 saturated carbocycles. The summed E-state index contributed by atoms with van der Waals surface area (Å²) in [4.78, 5) is 22.0. The minimum atomic E-state index is 0.268. The second-order valence-corrected chi connectivity index (χ2v) is 8.73. The highest BCUT2D eigenvalue weighted by atomic mass is 16.5. The molecule has 4 rings (SSSR count). The van der Waals surface area contributed by atoms with Crippen molar-refractivity contribution < 1.29 is 19.1 Å². The lowest BCUT2D eigenvalue weighted by Gasteiger charge is -2.17. The topological polar surface area (TPSA) is 100 Å². The summed E-state index contributed by atoms with van der Waals surface area (Å²) in [5, 5.41) is 18.8. The molecule has 0 atom stereocenters. The van der Waals surface area contributed by atoms with Crippen LogP contribution in [0.5, 0.6) is 11.5 Å². The molecule has 0 spiro atoms. The van der Waals surface area contributed by atoms with E-state index in [1.165, 1.54) is 12.1 Å². The maximum atomic E-state index is 11.0.